The first-order valence-electron chi connectivity index (χ1n) is 11.5. The molecule has 0 unspecified atom stereocenters. The molecule has 0 saturated carbocycles. The summed E-state index contributed by atoms with van der Waals surface area (Å²) in [6.07, 6.45) is -4.56. The zero-order chi connectivity index (χ0) is 27.7. The van der Waals surface area contributed by atoms with E-state index in [-0.39, 0.29) is 10.1 Å². The second-order valence-corrected chi connectivity index (χ2v) is 10.6. The summed E-state index contributed by atoms with van der Waals surface area (Å²) < 4.78 is 63.4. The molecule has 2 amide bonds. The largest absolute Gasteiger partial charge is 0.486 e. The minimum atomic E-state index is -4.72. The topological polar surface area (TPSA) is 93.7 Å². The molecule has 2 heterocycles. The molecule has 38 heavy (non-hydrogen) atoms. The van der Waals surface area contributed by atoms with E-state index in [9.17, 15) is 27.2 Å². The SMILES string of the molecule is CC(C)(C)OC(=O)N1CCc2cc(C(=O)Nc3nnc(COc4cc(F)ccc4C(F)(F)F)s3)ccc2C1. The lowest BCUT2D eigenvalue weighted by atomic mass is 9.97. The molecule has 1 N–H and O–H groups in total. The fraction of sp³-hybridized carbons (Fsp3) is 0.360. The van der Waals surface area contributed by atoms with E-state index in [0.717, 1.165) is 22.5 Å². The van der Waals surface area contributed by atoms with Gasteiger partial charge in [-0.1, -0.05) is 17.4 Å². The van der Waals surface area contributed by atoms with Crippen molar-refractivity contribution in [3.63, 3.8) is 0 Å². The zero-order valence-electron chi connectivity index (χ0n) is 20.7. The lowest BCUT2D eigenvalue weighted by Gasteiger charge is -2.31. The fourth-order valence-corrected chi connectivity index (χ4v) is 4.35. The summed E-state index contributed by atoms with van der Waals surface area (Å²) in [6.45, 7) is 5.83. The Morgan fingerprint density at radius 3 is 2.55 bits per heavy atom. The summed E-state index contributed by atoms with van der Waals surface area (Å²) in [5, 5.41) is 10.6. The van der Waals surface area contributed by atoms with Crippen LogP contribution >= 0.6 is 11.3 Å². The van der Waals surface area contributed by atoms with Crippen LogP contribution in [0.4, 0.5) is 27.5 Å². The molecule has 0 aliphatic carbocycles. The van der Waals surface area contributed by atoms with Crippen molar-refractivity contribution >= 4 is 28.5 Å². The highest BCUT2D eigenvalue weighted by Crippen LogP contribution is 2.37. The van der Waals surface area contributed by atoms with E-state index < -0.39 is 47.5 Å². The summed E-state index contributed by atoms with van der Waals surface area (Å²) in [4.78, 5) is 26.7. The van der Waals surface area contributed by atoms with Crippen LogP contribution in [0.5, 0.6) is 5.75 Å². The number of amides is 2. The first-order chi connectivity index (χ1) is 17.8. The van der Waals surface area contributed by atoms with Crippen molar-refractivity contribution in [3.8, 4) is 5.75 Å². The molecule has 2 aromatic carbocycles. The summed E-state index contributed by atoms with van der Waals surface area (Å²) >= 11 is 0.917. The molecule has 0 fully saturated rings. The maximum absolute atomic E-state index is 13.4. The average molecular weight is 553 g/mol. The smallest absolute Gasteiger partial charge is 0.419 e. The Bertz CT molecular complexity index is 1350. The third-order valence-electron chi connectivity index (χ3n) is 5.42. The highest BCUT2D eigenvalue weighted by Gasteiger charge is 2.34. The number of carbonyl (C=O) groups excluding carboxylic acids is 2. The highest BCUT2D eigenvalue weighted by atomic mass is 32.1. The number of rotatable bonds is 5. The molecule has 13 heteroatoms. The first-order valence-corrected chi connectivity index (χ1v) is 12.3. The zero-order valence-corrected chi connectivity index (χ0v) is 21.5. The van der Waals surface area contributed by atoms with Crippen molar-refractivity contribution < 1.29 is 36.6 Å². The second-order valence-electron chi connectivity index (χ2n) is 9.52. The molecule has 8 nitrogen and oxygen atoms in total. The number of alkyl halides is 3. The van der Waals surface area contributed by atoms with Gasteiger partial charge in [0, 0.05) is 24.7 Å². The highest BCUT2D eigenvalue weighted by molar-refractivity contribution is 7.15. The summed E-state index contributed by atoms with van der Waals surface area (Å²) in [5.41, 5.74) is 0.501. The lowest BCUT2D eigenvalue weighted by Crippen LogP contribution is -2.39. The average Bonchev–Trinajstić information content (AvgIpc) is 3.27. The number of fused-ring (bicyclic) bond motifs is 1. The van der Waals surface area contributed by atoms with E-state index in [0.29, 0.717) is 43.3 Å². The van der Waals surface area contributed by atoms with Crippen molar-refractivity contribution in [2.24, 2.45) is 0 Å². The van der Waals surface area contributed by atoms with Gasteiger partial charge in [0.2, 0.25) is 5.13 Å². The predicted molar refractivity (Wildman–Crippen MR) is 130 cm³/mol. The number of carbonyl (C=O) groups is 2. The van der Waals surface area contributed by atoms with Crippen LogP contribution in [-0.2, 0) is 30.5 Å². The maximum atomic E-state index is 13.4. The maximum Gasteiger partial charge on any atom is 0.419 e. The Labute approximate surface area is 219 Å². The van der Waals surface area contributed by atoms with Gasteiger partial charge in [-0.2, -0.15) is 13.2 Å². The fourth-order valence-electron chi connectivity index (χ4n) is 3.70. The predicted octanol–water partition coefficient (Wildman–Crippen LogP) is 5.82. The van der Waals surface area contributed by atoms with Crippen molar-refractivity contribution in [1.29, 1.82) is 0 Å². The molecule has 1 aromatic heterocycles. The normalized spacial score (nSPS) is 13.6. The van der Waals surface area contributed by atoms with Gasteiger partial charge in [0.15, 0.2) is 5.01 Å². The van der Waals surface area contributed by atoms with Crippen molar-refractivity contribution in [2.45, 2.75) is 52.1 Å². The minimum absolute atomic E-state index is 0.123. The summed E-state index contributed by atoms with van der Waals surface area (Å²) in [6, 6.07) is 7.09. The van der Waals surface area contributed by atoms with Gasteiger partial charge in [0.1, 0.15) is 23.8 Å². The van der Waals surface area contributed by atoms with E-state index in [4.69, 9.17) is 9.47 Å². The van der Waals surface area contributed by atoms with E-state index in [1.807, 2.05) is 0 Å². The quantitative estimate of drug-likeness (QED) is 0.401. The number of ether oxygens (including phenoxy) is 2. The molecule has 0 atom stereocenters. The molecule has 0 spiro atoms. The number of aromatic nitrogens is 2. The summed E-state index contributed by atoms with van der Waals surface area (Å²) in [7, 11) is 0. The van der Waals surface area contributed by atoms with Gasteiger partial charge in [-0.05, 0) is 62.6 Å². The molecule has 3 aromatic rings. The van der Waals surface area contributed by atoms with E-state index in [1.165, 1.54) is 0 Å². The van der Waals surface area contributed by atoms with Crippen molar-refractivity contribution in [1.82, 2.24) is 15.1 Å². The Morgan fingerprint density at radius 2 is 1.84 bits per heavy atom. The molecule has 0 bridgehead atoms. The molecule has 202 valence electrons. The van der Waals surface area contributed by atoms with Crippen LogP contribution in [0.25, 0.3) is 0 Å². The lowest BCUT2D eigenvalue weighted by molar-refractivity contribution is -0.139. The molecule has 0 saturated heterocycles. The van der Waals surface area contributed by atoms with Crippen molar-refractivity contribution in [3.05, 3.63) is 69.5 Å². The number of hydrogen-bond acceptors (Lipinski definition) is 7. The van der Waals surface area contributed by atoms with E-state index in [2.05, 4.69) is 15.5 Å². The Hall–Kier alpha value is -3.74. The number of benzene rings is 2. The van der Waals surface area contributed by atoms with Crippen molar-refractivity contribution in [2.75, 3.05) is 11.9 Å². The standard InChI is InChI=1S/C25H24F4N4O4S/c1-24(2,3)37-23(35)33-9-8-14-10-15(4-5-16(14)12-33)21(34)30-22-32-31-20(38-22)13-36-19-11-17(26)6-7-18(19)25(27,28)29/h4-7,10-11H,8-9,12-13H2,1-3H3,(H,30,32,34). The second kappa shape index (κ2) is 10.6. The number of hydrogen-bond donors (Lipinski definition) is 1. The molecule has 0 radical (unpaired) electrons. The van der Waals surface area contributed by atoms with Gasteiger partial charge >= 0.3 is 12.3 Å². The van der Waals surface area contributed by atoms with Crippen LogP contribution in [0.2, 0.25) is 0 Å². The van der Waals surface area contributed by atoms with Crippen LogP contribution < -0.4 is 10.1 Å². The number of halogens is 4. The van der Waals surface area contributed by atoms with Gasteiger partial charge < -0.3 is 14.4 Å². The van der Waals surface area contributed by atoms with E-state index >= 15 is 0 Å². The van der Waals surface area contributed by atoms with Gasteiger partial charge in [-0.25, -0.2) is 9.18 Å². The van der Waals surface area contributed by atoms with E-state index in [1.54, 1.807) is 43.9 Å². The van der Waals surface area contributed by atoms with Crippen LogP contribution in [0.1, 0.15) is 52.8 Å². The number of nitrogens with zero attached hydrogens (tertiary/aromatic N) is 3. The molecular weight excluding hydrogens is 528 g/mol. The first kappa shape index (κ1) is 27.3. The minimum Gasteiger partial charge on any atom is -0.486 e. The Morgan fingerprint density at radius 1 is 1.08 bits per heavy atom. The Kier molecular flexibility index (Phi) is 7.58. The monoisotopic (exact) mass is 552 g/mol. The summed E-state index contributed by atoms with van der Waals surface area (Å²) in [5.74, 6) is -1.99. The number of anilines is 1. The molecule has 1 aliphatic rings. The van der Waals surface area contributed by atoms with Gasteiger partial charge in [0.25, 0.3) is 5.91 Å². The Balaban J connectivity index is 1.37. The van der Waals surface area contributed by atoms with Crippen LogP contribution in [0, 0.1) is 5.82 Å². The third-order valence-corrected chi connectivity index (χ3v) is 6.23. The number of nitrogens with one attached hydrogen (secondary N) is 1. The van der Waals surface area contributed by atoms with Crippen LogP contribution in [-0.4, -0.2) is 39.2 Å². The van der Waals surface area contributed by atoms with Gasteiger partial charge in [-0.15, -0.1) is 10.2 Å². The van der Waals surface area contributed by atoms with Gasteiger partial charge in [-0.3, -0.25) is 10.1 Å². The van der Waals surface area contributed by atoms with Crippen LogP contribution in [0.3, 0.4) is 0 Å². The third kappa shape index (κ3) is 6.77. The van der Waals surface area contributed by atoms with Gasteiger partial charge in [0.05, 0.1) is 5.56 Å². The van der Waals surface area contributed by atoms with Crippen LogP contribution in [0.15, 0.2) is 36.4 Å². The molecular formula is C25H24F4N4O4S. The molecule has 1 aliphatic heterocycles. The molecule has 4 rings (SSSR count).